The van der Waals surface area contributed by atoms with Gasteiger partial charge in [0.1, 0.15) is 5.60 Å². The molecule has 0 spiro atoms. The van der Waals surface area contributed by atoms with Crippen molar-refractivity contribution >= 4 is 11.9 Å². The summed E-state index contributed by atoms with van der Waals surface area (Å²) in [6, 6.07) is 10.2. The summed E-state index contributed by atoms with van der Waals surface area (Å²) in [5.74, 6) is -2.15. The van der Waals surface area contributed by atoms with Crippen molar-refractivity contribution in [3.05, 3.63) is 35.9 Å². The standard InChI is InChI=1S/C19H28N2O4/c1-19(2,3)25-18(24)16(14-22)17(23)21-11-9-20(10-12-21)13-15-7-5-4-6-8-15/h4-8,16,22H,9-14H2,1-3H3/t16-/m0/s1. The Balaban J connectivity index is 1.88. The van der Waals surface area contributed by atoms with Crippen molar-refractivity contribution < 1.29 is 19.4 Å². The van der Waals surface area contributed by atoms with E-state index in [0.717, 1.165) is 19.6 Å². The monoisotopic (exact) mass is 348 g/mol. The van der Waals surface area contributed by atoms with Crippen LogP contribution in [0.25, 0.3) is 0 Å². The molecule has 1 saturated heterocycles. The Morgan fingerprint density at radius 1 is 1.12 bits per heavy atom. The molecule has 1 fully saturated rings. The molecule has 0 aromatic heterocycles. The molecular formula is C19H28N2O4. The minimum absolute atomic E-state index is 0.351. The molecule has 0 unspecified atom stereocenters. The van der Waals surface area contributed by atoms with Gasteiger partial charge >= 0.3 is 5.97 Å². The van der Waals surface area contributed by atoms with Gasteiger partial charge in [-0.25, -0.2) is 0 Å². The number of nitrogens with zero attached hydrogens (tertiary/aromatic N) is 2. The van der Waals surface area contributed by atoms with Crippen LogP contribution in [0.15, 0.2) is 30.3 Å². The van der Waals surface area contributed by atoms with E-state index in [1.807, 2.05) is 18.2 Å². The average Bonchev–Trinajstić information content (AvgIpc) is 2.55. The lowest BCUT2D eigenvalue weighted by Crippen LogP contribution is -2.52. The smallest absolute Gasteiger partial charge is 0.321 e. The second-order valence-corrected chi connectivity index (χ2v) is 7.36. The number of benzene rings is 1. The van der Waals surface area contributed by atoms with Gasteiger partial charge in [-0.05, 0) is 26.3 Å². The van der Waals surface area contributed by atoms with Gasteiger partial charge in [0.05, 0.1) is 6.61 Å². The Hall–Kier alpha value is -1.92. The molecule has 1 N–H and O–H groups in total. The molecular weight excluding hydrogens is 320 g/mol. The number of esters is 1. The SMILES string of the molecule is CC(C)(C)OC(=O)[C@@H](CO)C(=O)N1CCN(Cc2ccccc2)CC1. The van der Waals surface area contributed by atoms with Gasteiger partial charge in [0.15, 0.2) is 5.92 Å². The van der Waals surface area contributed by atoms with Crippen LogP contribution >= 0.6 is 0 Å². The van der Waals surface area contributed by atoms with E-state index < -0.39 is 24.1 Å². The number of aliphatic hydroxyl groups excluding tert-OH is 1. The summed E-state index contributed by atoms with van der Waals surface area (Å²) in [5, 5.41) is 9.48. The molecule has 1 atom stereocenters. The number of rotatable bonds is 5. The zero-order valence-corrected chi connectivity index (χ0v) is 15.3. The lowest BCUT2D eigenvalue weighted by atomic mass is 10.1. The normalized spacial score (nSPS) is 17.2. The van der Waals surface area contributed by atoms with Crippen LogP contribution in [0.2, 0.25) is 0 Å². The number of piperazine rings is 1. The van der Waals surface area contributed by atoms with Gasteiger partial charge in [-0.1, -0.05) is 30.3 Å². The minimum atomic E-state index is -1.14. The molecule has 1 aliphatic rings. The summed E-state index contributed by atoms with van der Waals surface area (Å²) in [6.45, 7) is 8.12. The van der Waals surface area contributed by atoms with E-state index in [-0.39, 0.29) is 5.91 Å². The third-order valence-corrected chi connectivity index (χ3v) is 4.10. The molecule has 1 aromatic carbocycles. The maximum absolute atomic E-state index is 12.6. The molecule has 138 valence electrons. The third-order valence-electron chi connectivity index (χ3n) is 4.10. The molecule has 1 aromatic rings. The molecule has 25 heavy (non-hydrogen) atoms. The summed E-state index contributed by atoms with van der Waals surface area (Å²) in [6.07, 6.45) is 0. The molecule has 0 saturated carbocycles. The molecule has 1 amide bonds. The van der Waals surface area contributed by atoms with Gasteiger partial charge in [0.2, 0.25) is 5.91 Å². The number of aliphatic hydroxyl groups is 1. The molecule has 1 aliphatic heterocycles. The highest BCUT2D eigenvalue weighted by molar-refractivity contribution is 5.98. The van der Waals surface area contributed by atoms with E-state index in [0.29, 0.717) is 13.1 Å². The fourth-order valence-electron chi connectivity index (χ4n) is 2.81. The largest absolute Gasteiger partial charge is 0.459 e. The van der Waals surface area contributed by atoms with E-state index in [9.17, 15) is 14.7 Å². The highest BCUT2D eigenvalue weighted by atomic mass is 16.6. The van der Waals surface area contributed by atoms with E-state index in [1.165, 1.54) is 5.56 Å². The Labute approximate surface area is 149 Å². The quantitative estimate of drug-likeness (QED) is 0.641. The molecule has 0 bridgehead atoms. The molecule has 0 radical (unpaired) electrons. The van der Waals surface area contributed by atoms with Crippen LogP contribution in [0.3, 0.4) is 0 Å². The minimum Gasteiger partial charge on any atom is -0.459 e. The van der Waals surface area contributed by atoms with Crippen molar-refractivity contribution in [3.8, 4) is 0 Å². The fourth-order valence-corrected chi connectivity index (χ4v) is 2.81. The first-order chi connectivity index (χ1) is 11.8. The Morgan fingerprint density at radius 3 is 2.24 bits per heavy atom. The van der Waals surface area contributed by atoms with Crippen molar-refractivity contribution in [3.63, 3.8) is 0 Å². The number of ether oxygens (including phenoxy) is 1. The number of hydrogen-bond acceptors (Lipinski definition) is 5. The molecule has 1 heterocycles. The molecule has 6 nitrogen and oxygen atoms in total. The molecule has 0 aliphatic carbocycles. The second kappa shape index (κ2) is 8.45. The topological polar surface area (TPSA) is 70.1 Å². The highest BCUT2D eigenvalue weighted by Gasteiger charge is 2.35. The fraction of sp³-hybridized carbons (Fsp3) is 0.579. The maximum Gasteiger partial charge on any atom is 0.321 e. The molecule has 2 rings (SSSR count). The maximum atomic E-state index is 12.6. The first kappa shape index (κ1) is 19.4. The van der Waals surface area contributed by atoms with E-state index >= 15 is 0 Å². The Bertz CT molecular complexity index is 575. The van der Waals surface area contributed by atoms with Gasteiger partial charge in [0, 0.05) is 32.7 Å². The highest BCUT2D eigenvalue weighted by Crippen LogP contribution is 2.15. The van der Waals surface area contributed by atoms with E-state index in [4.69, 9.17) is 4.74 Å². The lowest BCUT2D eigenvalue weighted by molar-refractivity contribution is -0.167. The van der Waals surface area contributed by atoms with Gasteiger partial charge in [-0.15, -0.1) is 0 Å². The number of hydrogen-bond donors (Lipinski definition) is 1. The Morgan fingerprint density at radius 2 is 1.72 bits per heavy atom. The van der Waals surface area contributed by atoms with Crippen molar-refractivity contribution in [2.24, 2.45) is 5.92 Å². The molecule has 6 heteroatoms. The van der Waals surface area contributed by atoms with Crippen LogP contribution in [-0.4, -0.2) is 65.2 Å². The number of carbonyl (C=O) groups is 2. The third kappa shape index (κ3) is 5.83. The first-order valence-electron chi connectivity index (χ1n) is 8.69. The lowest BCUT2D eigenvalue weighted by Gasteiger charge is -2.36. The van der Waals surface area contributed by atoms with Gasteiger partial charge in [-0.2, -0.15) is 0 Å². The van der Waals surface area contributed by atoms with Gasteiger partial charge < -0.3 is 14.7 Å². The van der Waals surface area contributed by atoms with Crippen molar-refractivity contribution in [1.29, 1.82) is 0 Å². The summed E-state index contributed by atoms with van der Waals surface area (Å²) in [7, 11) is 0. The average molecular weight is 348 g/mol. The predicted octanol–water partition coefficient (Wildman–Crippen LogP) is 1.28. The second-order valence-electron chi connectivity index (χ2n) is 7.36. The number of amides is 1. The van der Waals surface area contributed by atoms with E-state index in [1.54, 1.807) is 25.7 Å². The Kier molecular flexibility index (Phi) is 6.56. The van der Waals surface area contributed by atoms with Gasteiger partial charge in [-0.3, -0.25) is 14.5 Å². The van der Waals surface area contributed by atoms with Crippen LogP contribution in [0.1, 0.15) is 26.3 Å². The summed E-state index contributed by atoms with van der Waals surface area (Å²) in [5.41, 5.74) is 0.559. The van der Waals surface area contributed by atoms with Crippen LogP contribution < -0.4 is 0 Å². The summed E-state index contributed by atoms with van der Waals surface area (Å²) < 4.78 is 5.25. The van der Waals surface area contributed by atoms with Crippen molar-refractivity contribution in [2.45, 2.75) is 32.9 Å². The zero-order valence-electron chi connectivity index (χ0n) is 15.3. The van der Waals surface area contributed by atoms with Crippen molar-refractivity contribution in [1.82, 2.24) is 9.80 Å². The van der Waals surface area contributed by atoms with Crippen molar-refractivity contribution in [2.75, 3.05) is 32.8 Å². The van der Waals surface area contributed by atoms with E-state index in [2.05, 4.69) is 17.0 Å². The zero-order chi connectivity index (χ0) is 18.4. The van der Waals surface area contributed by atoms with Crippen LogP contribution in [0.4, 0.5) is 0 Å². The predicted molar refractivity (Wildman–Crippen MR) is 94.7 cm³/mol. The summed E-state index contributed by atoms with van der Waals surface area (Å²) in [4.78, 5) is 28.6. The van der Waals surface area contributed by atoms with Crippen LogP contribution in [0.5, 0.6) is 0 Å². The van der Waals surface area contributed by atoms with Crippen LogP contribution in [0, 0.1) is 5.92 Å². The first-order valence-corrected chi connectivity index (χ1v) is 8.69. The number of carbonyl (C=O) groups excluding carboxylic acids is 2. The van der Waals surface area contributed by atoms with Crippen LogP contribution in [-0.2, 0) is 20.9 Å². The summed E-state index contributed by atoms with van der Waals surface area (Å²) >= 11 is 0. The van der Waals surface area contributed by atoms with Gasteiger partial charge in [0.25, 0.3) is 0 Å².